The first-order valence-electron chi connectivity index (χ1n) is 49.4. The minimum absolute atomic E-state index is 0.0716. The average Bonchev–Trinajstić information content (AvgIpc) is 1.53. The van der Waals surface area contributed by atoms with Gasteiger partial charge in [0.2, 0.25) is 58.7 Å². The molecule has 11 rings (SSSR count). The quantitative estimate of drug-likeness (QED) is 0.0250. The molecule has 36 heteroatoms. The van der Waals surface area contributed by atoms with Crippen molar-refractivity contribution in [1.29, 1.82) is 0 Å². The minimum atomic E-state index is -1.10. The molecule has 36 nitrogen and oxygen atoms in total. The minimum Gasteiger partial charge on any atom is -0.363 e. The Bertz CT molecular complexity index is 5020. The maximum absolute atomic E-state index is 14.3. The van der Waals surface area contributed by atoms with Gasteiger partial charge in [0.25, 0.3) is 28.8 Å². The van der Waals surface area contributed by atoms with Crippen molar-refractivity contribution in [1.82, 2.24) is 81.9 Å². The van der Waals surface area contributed by atoms with Gasteiger partial charge < -0.3 is 93.4 Å². The standard InChI is InChI=1S/C35H54N6O6.C34H56N6O6.C33H50N6O6/c1-11-15-22(27(43)30(45)36-17-12-2)37-29(44)26-25-21(35(25,9)10)19-41(26)31(46)28(34(6,7)8)39-32(47)38-23(33(3,4)5)20-40-18-14-13-16-24(40)42;1-32(2,3)22(18-39-15-10-9-14-23(39)41)37-31(46)38-27(33(4,5)6)30(45)40-17-20-24(34(20,7)8)25(40)29(44)36-21(26(42)28(35)43)16-19-12-11-13-19;1-31(2,3)21(17-38-14-10-9-11-22(38)40)36-30(45)37-26(32(4,5)6)29(44)39-16-19-23(33(19,7)8)24(39)28(43)35-20(15-18-12-13-18)25(41)27(34)42/h12-14,16,18,21-23,25-26,28H,2,11,15,17,19-20H2,1,3-10H3,(H,36,45)(H,37,44)(H2,38,39,47);19-22,24-25,27H,9-18H2,1-8H3,(H2,35,43)(H,36,44)(H2,37,38,46);9-11,14,18-21,23-24,26H,12-13,15-17H2,1-8H3,(H2,34,42)(H,35,43)(H2,36,37,45)/t21-,22?,23+,25-,26-,28+;20-,21?,22+,24-,25-,27+;19-,20?,21+,23-,24-,26+/m000/s1. The molecule has 2 aromatic rings. The predicted octanol–water partition coefficient (Wildman–Crippen LogP) is 6.76. The van der Waals surface area contributed by atoms with Gasteiger partial charge in [0.05, 0.1) is 36.3 Å². The highest BCUT2D eigenvalue weighted by Gasteiger charge is 2.73. The van der Waals surface area contributed by atoms with Crippen LogP contribution in [0.3, 0.4) is 0 Å². The maximum Gasteiger partial charge on any atom is 0.315 e. The molecule has 766 valence electrons. The molecular weight excluding hydrogens is 1770 g/mol. The zero-order valence-electron chi connectivity index (χ0n) is 86.3. The molecule has 0 spiro atoms. The van der Waals surface area contributed by atoms with Crippen LogP contribution in [0.1, 0.15) is 250 Å². The number of carbonyl (C=O) groups is 16. The third-order valence-corrected chi connectivity index (χ3v) is 30.5. The number of urea groups is 3. The largest absolute Gasteiger partial charge is 0.363 e. The number of Topliss-reactive ketones (excluding diaryl/α,β-unsaturated/α-hetero) is 3. The monoisotopic (exact) mass is 1930 g/mol. The van der Waals surface area contributed by atoms with E-state index in [0.29, 0.717) is 58.4 Å². The first-order chi connectivity index (χ1) is 63.7. The smallest absolute Gasteiger partial charge is 0.315 e. The number of rotatable bonds is 35. The Hall–Kier alpha value is -10.8. The van der Waals surface area contributed by atoms with Crippen LogP contribution in [0.2, 0.25) is 0 Å². The SMILES string of the molecule is C=CCNC(=O)C(=O)C(CCC)NC(=O)[C@@H]1[C@@H]2[C@H](CN1C(=O)[C@@H](NC(=O)N[C@H](Cn1ccccc1=O)C(C)(C)C)C(C)(C)C)C2(C)C.CC(C)(C)[C@H](NC(=O)N[C@H](CN1CCCCC1=O)C(C)(C)C)C(=O)N1C[C@H]2[C@@H]([C@H]1C(=O)NC(CC1CCC1)C(=O)C(N)=O)C2(C)C.CC(C)(C)[C@H](NC(=O)N[C@H](Cn1ccccc1=O)C(C)(C)C)C(=O)N1C[C@H]2[C@@H]([C@H]1C(=O)NC(CC1CC1)C(=O)C(N)=O)C2(C)C. The van der Waals surface area contributed by atoms with Crippen molar-refractivity contribution in [3.05, 3.63) is 82.2 Å². The molecule has 16 amide bonds. The van der Waals surface area contributed by atoms with Crippen molar-refractivity contribution in [2.24, 2.45) is 108 Å². The van der Waals surface area contributed by atoms with E-state index in [1.165, 1.54) is 37.1 Å². The Balaban J connectivity index is 0.000000232. The lowest BCUT2D eigenvalue weighted by molar-refractivity contribution is -0.145. The van der Waals surface area contributed by atoms with Gasteiger partial charge in [0.1, 0.15) is 36.3 Å². The second kappa shape index (κ2) is 43.1. The van der Waals surface area contributed by atoms with Gasteiger partial charge in [0.15, 0.2) is 0 Å². The summed E-state index contributed by atoms with van der Waals surface area (Å²) in [5.41, 5.74) is 6.35. The van der Waals surface area contributed by atoms with E-state index in [2.05, 4.69) is 101 Å². The summed E-state index contributed by atoms with van der Waals surface area (Å²) < 4.78 is 3.06. The second-order valence-electron chi connectivity index (χ2n) is 48.4. The molecule has 138 heavy (non-hydrogen) atoms. The number of hydrogen-bond acceptors (Lipinski definition) is 18. The van der Waals surface area contributed by atoms with Crippen molar-refractivity contribution in [2.45, 2.75) is 336 Å². The van der Waals surface area contributed by atoms with Gasteiger partial charge in [-0.05, 0) is 140 Å². The molecule has 18 atom stereocenters. The second-order valence-corrected chi connectivity index (χ2v) is 48.4. The number of carbonyl (C=O) groups excluding carboxylic acids is 16. The molecule has 5 saturated carbocycles. The first kappa shape index (κ1) is 111. The molecule has 0 aromatic carbocycles. The molecule has 4 aliphatic heterocycles. The van der Waals surface area contributed by atoms with Crippen molar-refractivity contribution < 1.29 is 76.7 Å². The van der Waals surface area contributed by atoms with Crippen LogP contribution in [0.5, 0.6) is 0 Å². The van der Waals surface area contributed by atoms with Crippen LogP contribution in [-0.2, 0) is 75.4 Å². The van der Waals surface area contributed by atoms with E-state index in [4.69, 9.17) is 11.5 Å². The van der Waals surface area contributed by atoms with Crippen molar-refractivity contribution in [3.8, 4) is 0 Å². The van der Waals surface area contributed by atoms with Gasteiger partial charge in [-0.25, -0.2) is 14.4 Å². The zero-order chi connectivity index (χ0) is 103. The summed E-state index contributed by atoms with van der Waals surface area (Å²) in [7, 11) is 0. The number of ketones is 3. The number of piperidine rings is 4. The molecule has 14 N–H and O–H groups in total. The number of pyridine rings is 2. The molecule has 2 aromatic heterocycles. The van der Waals surface area contributed by atoms with Gasteiger partial charge in [-0.2, -0.15) is 0 Å². The normalized spacial score (nSPS) is 24.0. The van der Waals surface area contributed by atoms with E-state index in [-0.39, 0.29) is 124 Å². The topological polar surface area (TPSA) is 502 Å². The Labute approximate surface area is 813 Å². The van der Waals surface area contributed by atoms with E-state index >= 15 is 0 Å². The molecule has 9 aliphatic rings. The third-order valence-electron chi connectivity index (χ3n) is 30.5. The lowest BCUT2D eigenvalue weighted by Crippen LogP contribution is -2.63. The molecule has 6 heterocycles. The summed E-state index contributed by atoms with van der Waals surface area (Å²) in [6.45, 7) is 54.8. The predicted molar refractivity (Wildman–Crippen MR) is 522 cm³/mol. The van der Waals surface area contributed by atoms with Gasteiger partial charge >= 0.3 is 18.1 Å². The Morgan fingerprint density at radius 3 is 1.04 bits per heavy atom. The lowest BCUT2D eigenvalue weighted by atomic mass is 9.80. The number of nitrogens with one attached hydrogen (secondary N) is 10. The summed E-state index contributed by atoms with van der Waals surface area (Å²) in [6, 6.07) is -1.77. The number of hydrogen-bond donors (Lipinski definition) is 12. The van der Waals surface area contributed by atoms with Crippen LogP contribution in [0, 0.1) is 96.1 Å². The number of amides is 16. The summed E-state index contributed by atoms with van der Waals surface area (Å²) in [5, 5.41) is 28.5. The number of fused-ring (bicyclic) bond motifs is 3. The summed E-state index contributed by atoms with van der Waals surface area (Å²) in [5.74, 6) is -7.60. The van der Waals surface area contributed by atoms with Crippen LogP contribution >= 0.6 is 0 Å². The van der Waals surface area contributed by atoms with Crippen molar-refractivity contribution in [2.75, 3.05) is 39.3 Å². The van der Waals surface area contributed by atoms with Crippen molar-refractivity contribution >= 4 is 94.5 Å². The fourth-order valence-electron chi connectivity index (χ4n) is 20.7. The van der Waals surface area contributed by atoms with Gasteiger partial charge in [-0.3, -0.25) is 71.9 Å². The summed E-state index contributed by atoms with van der Waals surface area (Å²) >= 11 is 0. The highest BCUT2D eigenvalue weighted by molar-refractivity contribution is 6.39. The summed E-state index contributed by atoms with van der Waals surface area (Å²) in [6.07, 6.45) is 13.3. The Morgan fingerprint density at radius 2 is 0.761 bits per heavy atom. The van der Waals surface area contributed by atoms with Crippen LogP contribution in [-0.4, -0.2) is 235 Å². The summed E-state index contributed by atoms with van der Waals surface area (Å²) in [4.78, 5) is 243. The van der Waals surface area contributed by atoms with Gasteiger partial charge in [-0.1, -0.05) is 230 Å². The molecule has 0 bridgehead atoms. The number of nitrogens with zero attached hydrogens (tertiary/aromatic N) is 6. The maximum atomic E-state index is 14.3. The van der Waals surface area contributed by atoms with Crippen molar-refractivity contribution in [3.63, 3.8) is 0 Å². The third kappa shape index (κ3) is 26.8. The molecule has 0 radical (unpaired) electrons. The molecular formula is C102H160N18O18. The Kier molecular flexibility index (Phi) is 34.6. The number of likely N-dealkylation sites (tertiary alicyclic amines) is 4. The zero-order valence-corrected chi connectivity index (χ0v) is 86.3. The molecule has 3 unspecified atom stereocenters. The van der Waals surface area contributed by atoms with E-state index in [1.807, 2.05) is 132 Å². The number of nitrogens with two attached hydrogens (primary N) is 2. The van der Waals surface area contributed by atoms with E-state index < -0.39 is 176 Å². The number of aromatic nitrogens is 2. The fourth-order valence-corrected chi connectivity index (χ4v) is 20.7. The average molecular weight is 1930 g/mol. The highest BCUT2D eigenvalue weighted by atomic mass is 16.2. The number of primary amides is 2. The van der Waals surface area contributed by atoms with Crippen LogP contribution < -0.4 is 75.8 Å². The van der Waals surface area contributed by atoms with Crippen LogP contribution in [0.25, 0.3) is 0 Å². The van der Waals surface area contributed by atoms with Crippen LogP contribution in [0.15, 0.2) is 71.0 Å². The molecule has 5 aliphatic carbocycles. The molecule has 4 saturated heterocycles. The molecule has 9 fully saturated rings. The van der Waals surface area contributed by atoms with E-state index in [9.17, 15) is 86.3 Å². The fraction of sp³-hybridized carbons (Fsp3) is 0.725. The lowest BCUT2D eigenvalue weighted by Gasteiger charge is -2.40. The van der Waals surface area contributed by atoms with Crippen LogP contribution in [0.4, 0.5) is 14.4 Å². The van der Waals surface area contributed by atoms with Gasteiger partial charge in [0, 0.05) is 83.3 Å². The van der Waals surface area contributed by atoms with E-state index in [1.54, 1.807) is 46.5 Å². The highest BCUT2D eigenvalue weighted by Crippen LogP contribution is 2.67. The van der Waals surface area contributed by atoms with E-state index in [0.717, 1.165) is 44.9 Å². The Morgan fingerprint density at radius 1 is 0.428 bits per heavy atom. The van der Waals surface area contributed by atoms with Gasteiger partial charge in [-0.15, -0.1) is 6.58 Å². The first-order valence-corrected chi connectivity index (χ1v) is 49.4.